The van der Waals surface area contributed by atoms with Gasteiger partial charge in [-0.1, -0.05) is 12.1 Å². The number of hydrazine groups is 1. The molecule has 0 saturated carbocycles. The summed E-state index contributed by atoms with van der Waals surface area (Å²) in [6.07, 6.45) is 3.26. The molecule has 0 radical (unpaired) electrons. The molecule has 0 bridgehead atoms. The minimum absolute atomic E-state index is 0.254. The van der Waals surface area contributed by atoms with Gasteiger partial charge < -0.3 is 15.1 Å². The van der Waals surface area contributed by atoms with Crippen molar-refractivity contribution in [2.24, 2.45) is 0 Å². The van der Waals surface area contributed by atoms with Gasteiger partial charge in [-0.15, -0.1) is 0 Å². The monoisotopic (exact) mass is 473 g/mol. The molecule has 0 spiro atoms. The van der Waals surface area contributed by atoms with Gasteiger partial charge in [-0.3, -0.25) is 14.7 Å². The van der Waals surface area contributed by atoms with Crippen LogP contribution in [-0.4, -0.2) is 66.4 Å². The first-order chi connectivity index (χ1) is 16.4. The average molecular weight is 473 g/mol. The van der Waals surface area contributed by atoms with Crippen molar-refractivity contribution < 1.29 is 22.7 Å². The van der Waals surface area contributed by atoms with Gasteiger partial charge in [-0.05, 0) is 41.0 Å². The summed E-state index contributed by atoms with van der Waals surface area (Å²) in [5.74, 6) is -0.312. The molecule has 1 aromatic carbocycles. The molecule has 1 saturated heterocycles. The van der Waals surface area contributed by atoms with Crippen LogP contribution in [0.2, 0.25) is 0 Å². The number of amides is 1. The summed E-state index contributed by atoms with van der Waals surface area (Å²) in [5.41, 5.74) is 6.58. The van der Waals surface area contributed by atoms with E-state index in [0.29, 0.717) is 22.4 Å². The third kappa shape index (κ3) is 6.89. The number of carbonyl (C=O) groups excluding carboxylic acids is 1. The summed E-state index contributed by atoms with van der Waals surface area (Å²) < 4.78 is 43.3. The van der Waals surface area contributed by atoms with Crippen molar-refractivity contribution in [2.45, 2.75) is 12.7 Å². The molecule has 2 aliphatic rings. The predicted molar refractivity (Wildman–Crippen MR) is 123 cm³/mol. The minimum atomic E-state index is -4.31. The van der Waals surface area contributed by atoms with E-state index in [2.05, 4.69) is 20.6 Å². The van der Waals surface area contributed by atoms with Crippen molar-refractivity contribution in [3.63, 3.8) is 0 Å². The highest BCUT2D eigenvalue weighted by Crippen LogP contribution is 2.25. The Labute approximate surface area is 195 Å². The summed E-state index contributed by atoms with van der Waals surface area (Å²) >= 11 is 0. The van der Waals surface area contributed by atoms with E-state index in [1.807, 2.05) is 24.3 Å². The maximum Gasteiger partial charge on any atom is 0.407 e. The number of hydrogen-bond donors (Lipinski definition) is 2. The number of morpholine rings is 1. The first kappa shape index (κ1) is 23.9. The normalized spacial score (nSPS) is 17.3. The van der Waals surface area contributed by atoms with Crippen LogP contribution in [0.25, 0.3) is 11.6 Å². The second-order valence-electron chi connectivity index (χ2n) is 8.10. The molecule has 1 aromatic heterocycles. The SMILES string of the molecule is O=C(/C=C/c1cnccc1C1=CN(CC(F)(F)F)NC1)Nc1ccc(CN2CCOCC2)cc1. The molecule has 2 N–H and O–H groups in total. The number of halogens is 3. The van der Waals surface area contributed by atoms with Gasteiger partial charge in [0.15, 0.2) is 0 Å². The first-order valence-corrected chi connectivity index (χ1v) is 11.0. The molecule has 0 atom stereocenters. The summed E-state index contributed by atoms with van der Waals surface area (Å²) in [6, 6.07) is 9.42. The lowest BCUT2D eigenvalue weighted by Gasteiger charge is -2.26. The van der Waals surface area contributed by atoms with Crippen LogP contribution in [0, 0.1) is 0 Å². The molecule has 1 amide bonds. The van der Waals surface area contributed by atoms with Gasteiger partial charge in [0.25, 0.3) is 0 Å². The number of anilines is 1. The minimum Gasteiger partial charge on any atom is -0.379 e. The average Bonchev–Trinajstić information content (AvgIpc) is 3.26. The van der Waals surface area contributed by atoms with Crippen molar-refractivity contribution in [2.75, 3.05) is 44.7 Å². The fraction of sp³-hybridized carbons (Fsp3) is 0.333. The molecular weight excluding hydrogens is 447 g/mol. The summed E-state index contributed by atoms with van der Waals surface area (Å²) in [7, 11) is 0. The van der Waals surface area contributed by atoms with Gasteiger partial charge >= 0.3 is 6.18 Å². The van der Waals surface area contributed by atoms with Crippen LogP contribution in [0.15, 0.2) is 55.0 Å². The lowest BCUT2D eigenvalue weighted by atomic mass is 10.0. The highest BCUT2D eigenvalue weighted by atomic mass is 19.4. The Bertz CT molecular complexity index is 1050. The Morgan fingerprint density at radius 3 is 2.68 bits per heavy atom. The Morgan fingerprint density at radius 2 is 1.94 bits per heavy atom. The van der Waals surface area contributed by atoms with Gasteiger partial charge in [0, 0.05) is 62.1 Å². The smallest absolute Gasteiger partial charge is 0.379 e. The second kappa shape index (κ2) is 10.8. The fourth-order valence-electron chi connectivity index (χ4n) is 3.82. The highest BCUT2D eigenvalue weighted by Gasteiger charge is 2.31. The molecule has 1 fully saturated rings. The second-order valence-corrected chi connectivity index (χ2v) is 8.10. The van der Waals surface area contributed by atoms with Crippen LogP contribution in [0.5, 0.6) is 0 Å². The van der Waals surface area contributed by atoms with Gasteiger partial charge in [-0.2, -0.15) is 13.2 Å². The number of hydrogen-bond acceptors (Lipinski definition) is 6. The van der Waals surface area contributed by atoms with Crippen LogP contribution < -0.4 is 10.7 Å². The predicted octanol–water partition coefficient (Wildman–Crippen LogP) is 3.29. The first-order valence-electron chi connectivity index (χ1n) is 11.0. The zero-order valence-electron chi connectivity index (χ0n) is 18.5. The molecule has 2 aromatic rings. The number of alkyl halides is 3. The van der Waals surface area contributed by atoms with E-state index in [9.17, 15) is 18.0 Å². The summed E-state index contributed by atoms with van der Waals surface area (Å²) in [4.78, 5) is 18.8. The van der Waals surface area contributed by atoms with E-state index in [1.54, 1.807) is 24.5 Å². The van der Waals surface area contributed by atoms with E-state index in [1.165, 1.54) is 12.3 Å². The van der Waals surface area contributed by atoms with Crippen molar-refractivity contribution in [1.29, 1.82) is 0 Å². The number of nitrogens with one attached hydrogen (secondary N) is 2. The number of carbonyl (C=O) groups is 1. The molecule has 180 valence electrons. The number of pyridine rings is 1. The van der Waals surface area contributed by atoms with E-state index in [-0.39, 0.29) is 12.5 Å². The van der Waals surface area contributed by atoms with Gasteiger partial charge in [0.2, 0.25) is 5.91 Å². The van der Waals surface area contributed by atoms with Gasteiger partial charge in [0.05, 0.1) is 13.2 Å². The third-order valence-corrected chi connectivity index (χ3v) is 5.48. The molecule has 7 nitrogen and oxygen atoms in total. The zero-order chi connectivity index (χ0) is 24.0. The maximum atomic E-state index is 12.6. The lowest BCUT2D eigenvalue weighted by Crippen LogP contribution is -2.37. The number of aromatic nitrogens is 1. The topological polar surface area (TPSA) is 69.7 Å². The Hall–Kier alpha value is -3.21. The number of benzene rings is 1. The van der Waals surface area contributed by atoms with Crippen LogP contribution >= 0.6 is 0 Å². The Morgan fingerprint density at radius 1 is 1.18 bits per heavy atom. The van der Waals surface area contributed by atoms with Crippen molar-refractivity contribution in [1.82, 2.24) is 20.3 Å². The fourth-order valence-corrected chi connectivity index (χ4v) is 3.82. The van der Waals surface area contributed by atoms with Crippen LogP contribution in [0.3, 0.4) is 0 Å². The molecule has 3 heterocycles. The van der Waals surface area contributed by atoms with Crippen LogP contribution in [-0.2, 0) is 16.1 Å². The number of rotatable bonds is 7. The molecule has 10 heteroatoms. The quantitative estimate of drug-likeness (QED) is 0.602. The van der Waals surface area contributed by atoms with Gasteiger partial charge in [0.1, 0.15) is 6.54 Å². The van der Waals surface area contributed by atoms with Crippen LogP contribution in [0.1, 0.15) is 16.7 Å². The highest BCUT2D eigenvalue weighted by molar-refractivity contribution is 6.02. The third-order valence-electron chi connectivity index (χ3n) is 5.48. The van der Waals surface area contributed by atoms with Gasteiger partial charge in [-0.25, -0.2) is 5.43 Å². The summed E-state index contributed by atoms with van der Waals surface area (Å²) in [6.45, 7) is 3.33. The van der Waals surface area contributed by atoms with E-state index < -0.39 is 12.7 Å². The Kier molecular flexibility index (Phi) is 7.61. The maximum absolute atomic E-state index is 12.6. The molecule has 0 aliphatic carbocycles. The molecular formula is C24H26F3N5O2. The standard InChI is InChI=1S/C24H26F3N5O2/c25-24(26,27)17-32-16-20(14-29-32)22-7-8-28-13-19(22)3-6-23(33)30-21-4-1-18(2-5-21)15-31-9-11-34-12-10-31/h1-8,13,16,29H,9-12,14-15,17H2,(H,30,33)/b6-3+. The summed E-state index contributed by atoms with van der Waals surface area (Å²) in [5, 5.41) is 3.84. The lowest BCUT2D eigenvalue weighted by molar-refractivity contribution is -0.144. The van der Waals surface area contributed by atoms with Crippen molar-refractivity contribution in [3.05, 3.63) is 71.7 Å². The molecule has 2 aliphatic heterocycles. The molecule has 4 rings (SSSR count). The van der Waals surface area contributed by atoms with Crippen molar-refractivity contribution in [3.8, 4) is 0 Å². The molecule has 0 unspecified atom stereocenters. The largest absolute Gasteiger partial charge is 0.407 e. The van der Waals surface area contributed by atoms with E-state index in [0.717, 1.165) is 43.4 Å². The van der Waals surface area contributed by atoms with E-state index in [4.69, 9.17) is 4.74 Å². The molecule has 34 heavy (non-hydrogen) atoms. The number of nitrogens with zero attached hydrogens (tertiary/aromatic N) is 3. The number of ether oxygens (including phenoxy) is 1. The Balaban J connectivity index is 1.36. The zero-order valence-corrected chi connectivity index (χ0v) is 18.5. The van der Waals surface area contributed by atoms with Crippen LogP contribution in [0.4, 0.5) is 18.9 Å². The van der Waals surface area contributed by atoms with E-state index >= 15 is 0 Å². The van der Waals surface area contributed by atoms with Crippen molar-refractivity contribution >= 4 is 23.2 Å².